The van der Waals surface area contributed by atoms with Crippen LogP contribution in [0.3, 0.4) is 0 Å². The van der Waals surface area contributed by atoms with Gasteiger partial charge in [-0.1, -0.05) is 0 Å². The van der Waals surface area contributed by atoms with Crippen molar-refractivity contribution < 1.29 is 28.5 Å². The van der Waals surface area contributed by atoms with Crippen molar-refractivity contribution in [1.29, 1.82) is 0 Å². The lowest BCUT2D eigenvalue weighted by Crippen LogP contribution is -2.55. The first-order valence-electron chi connectivity index (χ1n) is 4.17. The Morgan fingerprint density at radius 1 is 1.36 bits per heavy atom. The molecule has 1 unspecified atom stereocenters. The Balaban J connectivity index is 2.71. The molecule has 0 radical (unpaired) electrons. The molecule has 1 rings (SSSR count). The molecule has 0 amide bonds. The topological polar surface area (TPSA) is 63.2 Å². The molecule has 0 spiro atoms. The molecule has 1 heterocycles. The molecule has 1 aliphatic rings. The summed E-state index contributed by atoms with van der Waals surface area (Å²) in [4.78, 5) is 10.8. The third kappa shape index (κ3) is 2.21. The van der Waals surface area contributed by atoms with Crippen LogP contribution in [0.5, 0.6) is 0 Å². The molecule has 0 bridgehead atoms. The normalized spacial score (nSPS) is 25.8. The summed E-state index contributed by atoms with van der Waals surface area (Å²) in [6, 6.07) is 0. The van der Waals surface area contributed by atoms with E-state index < -0.39 is 18.2 Å². The highest BCUT2D eigenvalue weighted by atomic mass is 16.9. The van der Waals surface area contributed by atoms with E-state index in [-0.39, 0.29) is 0 Å². The third-order valence-corrected chi connectivity index (χ3v) is 1.79. The van der Waals surface area contributed by atoms with Crippen LogP contribution in [-0.4, -0.2) is 45.7 Å². The van der Waals surface area contributed by atoms with Crippen LogP contribution < -0.4 is 0 Å². The first-order valence-corrected chi connectivity index (χ1v) is 4.17. The standard InChI is InChI=1S/C8H14O6/c1-6(9)14-7-8(10-2,11-3)13-5-4-12-7/h7H,4-5H2,1-3H3. The largest absolute Gasteiger partial charge is 0.427 e. The second kappa shape index (κ2) is 4.70. The summed E-state index contributed by atoms with van der Waals surface area (Å²) in [5.74, 6) is -1.94. The summed E-state index contributed by atoms with van der Waals surface area (Å²) in [6.45, 7) is 1.92. The maximum Gasteiger partial charge on any atom is 0.349 e. The summed E-state index contributed by atoms with van der Waals surface area (Å²) in [5.41, 5.74) is 0. The lowest BCUT2D eigenvalue weighted by Gasteiger charge is -2.38. The molecule has 0 saturated carbocycles. The molecule has 0 aliphatic carbocycles. The van der Waals surface area contributed by atoms with Gasteiger partial charge in [0.05, 0.1) is 13.2 Å². The summed E-state index contributed by atoms with van der Waals surface area (Å²) in [5, 5.41) is 0. The molecule has 0 aromatic heterocycles. The van der Waals surface area contributed by atoms with E-state index in [0.717, 1.165) is 0 Å². The minimum atomic E-state index is -1.45. The number of hydrogen-bond donors (Lipinski definition) is 0. The Kier molecular flexibility index (Phi) is 3.82. The van der Waals surface area contributed by atoms with Gasteiger partial charge >= 0.3 is 11.9 Å². The lowest BCUT2D eigenvalue weighted by molar-refractivity contribution is -0.459. The van der Waals surface area contributed by atoms with E-state index >= 15 is 0 Å². The molecule has 1 fully saturated rings. The number of hydrogen-bond acceptors (Lipinski definition) is 6. The van der Waals surface area contributed by atoms with Gasteiger partial charge in [0.25, 0.3) is 6.29 Å². The Labute approximate surface area is 82.0 Å². The molecule has 1 saturated heterocycles. The molecule has 1 aliphatic heterocycles. The number of ether oxygens (including phenoxy) is 5. The van der Waals surface area contributed by atoms with Gasteiger partial charge < -0.3 is 23.7 Å². The highest BCUT2D eigenvalue weighted by Crippen LogP contribution is 2.25. The van der Waals surface area contributed by atoms with Gasteiger partial charge in [0.1, 0.15) is 0 Å². The van der Waals surface area contributed by atoms with Gasteiger partial charge in [0.15, 0.2) is 0 Å². The summed E-state index contributed by atoms with van der Waals surface area (Å²) < 4.78 is 25.2. The van der Waals surface area contributed by atoms with E-state index in [2.05, 4.69) is 0 Å². The number of esters is 1. The van der Waals surface area contributed by atoms with E-state index in [0.29, 0.717) is 13.2 Å². The van der Waals surface area contributed by atoms with Crippen molar-refractivity contribution in [3.8, 4) is 0 Å². The molecule has 6 nitrogen and oxygen atoms in total. The first-order chi connectivity index (χ1) is 6.64. The number of methoxy groups -OCH3 is 2. The van der Waals surface area contributed by atoms with E-state index in [1.54, 1.807) is 0 Å². The minimum Gasteiger partial charge on any atom is -0.427 e. The van der Waals surface area contributed by atoms with E-state index in [1.165, 1.54) is 21.1 Å². The quantitative estimate of drug-likeness (QED) is 0.473. The summed E-state index contributed by atoms with van der Waals surface area (Å²) in [7, 11) is 2.77. The van der Waals surface area contributed by atoms with Gasteiger partial charge in [0, 0.05) is 21.1 Å². The maximum atomic E-state index is 10.8. The van der Waals surface area contributed by atoms with Crippen molar-refractivity contribution in [2.45, 2.75) is 19.2 Å². The molecule has 0 aromatic rings. The fraction of sp³-hybridized carbons (Fsp3) is 0.875. The van der Waals surface area contributed by atoms with Gasteiger partial charge in [0.2, 0.25) is 0 Å². The Morgan fingerprint density at radius 2 is 2.00 bits per heavy atom. The second-order valence-electron chi connectivity index (χ2n) is 2.67. The fourth-order valence-corrected chi connectivity index (χ4v) is 1.16. The zero-order valence-electron chi connectivity index (χ0n) is 8.44. The monoisotopic (exact) mass is 206 g/mol. The van der Waals surface area contributed by atoms with Crippen LogP contribution >= 0.6 is 0 Å². The second-order valence-corrected chi connectivity index (χ2v) is 2.67. The van der Waals surface area contributed by atoms with E-state index in [4.69, 9.17) is 23.7 Å². The highest BCUT2D eigenvalue weighted by Gasteiger charge is 2.47. The molecule has 82 valence electrons. The van der Waals surface area contributed by atoms with Crippen molar-refractivity contribution in [3.63, 3.8) is 0 Å². The maximum absolute atomic E-state index is 10.8. The number of rotatable bonds is 3. The number of carbonyl (C=O) groups is 1. The van der Waals surface area contributed by atoms with E-state index in [9.17, 15) is 4.79 Å². The van der Waals surface area contributed by atoms with Crippen LogP contribution in [0.25, 0.3) is 0 Å². The van der Waals surface area contributed by atoms with Crippen LogP contribution in [0, 0.1) is 0 Å². The predicted octanol–water partition coefficient (Wildman–Crippen LogP) is -0.131. The van der Waals surface area contributed by atoms with Crippen molar-refractivity contribution in [2.24, 2.45) is 0 Å². The van der Waals surface area contributed by atoms with Crippen LogP contribution in [0.2, 0.25) is 0 Å². The zero-order chi connectivity index (χ0) is 10.6. The van der Waals surface area contributed by atoms with Gasteiger partial charge in [-0.05, 0) is 0 Å². The molecule has 0 N–H and O–H groups in total. The first kappa shape index (κ1) is 11.4. The van der Waals surface area contributed by atoms with E-state index in [1.807, 2.05) is 0 Å². The van der Waals surface area contributed by atoms with Crippen LogP contribution in [0.4, 0.5) is 0 Å². The SMILES string of the molecule is COC1(OC)OCCOC1OC(C)=O. The Hall–Kier alpha value is -0.690. The minimum absolute atomic E-state index is 0.319. The smallest absolute Gasteiger partial charge is 0.349 e. The Bertz CT molecular complexity index is 200. The highest BCUT2D eigenvalue weighted by molar-refractivity contribution is 5.66. The zero-order valence-corrected chi connectivity index (χ0v) is 8.44. The Morgan fingerprint density at radius 3 is 2.50 bits per heavy atom. The average molecular weight is 206 g/mol. The molecular formula is C8H14O6. The summed E-state index contributed by atoms with van der Waals surface area (Å²) >= 11 is 0. The van der Waals surface area contributed by atoms with Crippen LogP contribution in [-0.2, 0) is 28.5 Å². The van der Waals surface area contributed by atoms with Gasteiger partial charge in [-0.25, -0.2) is 0 Å². The molecule has 6 heteroatoms. The molecule has 1 atom stereocenters. The molecule has 14 heavy (non-hydrogen) atoms. The van der Waals surface area contributed by atoms with Crippen molar-refractivity contribution in [2.75, 3.05) is 27.4 Å². The van der Waals surface area contributed by atoms with Crippen molar-refractivity contribution in [3.05, 3.63) is 0 Å². The summed E-state index contributed by atoms with van der Waals surface area (Å²) in [6.07, 6.45) is -0.997. The number of carbonyl (C=O) groups excluding carboxylic acids is 1. The molecule has 0 aromatic carbocycles. The van der Waals surface area contributed by atoms with Crippen LogP contribution in [0.1, 0.15) is 6.92 Å². The van der Waals surface area contributed by atoms with Crippen LogP contribution in [0.15, 0.2) is 0 Å². The van der Waals surface area contributed by atoms with Gasteiger partial charge in [-0.15, -0.1) is 0 Å². The van der Waals surface area contributed by atoms with Gasteiger partial charge in [-0.2, -0.15) is 0 Å². The van der Waals surface area contributed by atoms with Gasteiger partial charge in [-0.3, -0.25) is 4.79 Å². The third-order valence-electron chi connectivity index (χ3n) is 1.79. The fourth-order valence-electron chi connectivity index (χ4n) is 1.16. The van der Waals surface area contributed by atoms with Crippen molar-refractivity contribution in [1.82, 2.24) is 0 Å². The average Bonchev–Trinajstić information content (AvgIpc) is 2.18. The lowest BCUT2D eigenvalue weighted by atomic mass is 10.4. The van der Waals surface area contributed by atoms with Crippen molar-refractivity contribution >= 4 is 5.97 Å². The molecular weight excluding hydrogens is 192 g/mol. The predicted molar refractivity (Wildman–Crippen MR) is 44.2 cm³/mol.